The van der Waals surface area contributed by atoms with Gasteiger partial charge in [0.1, 0.15) is 0 Å². The molecule has 11 nitrogen and oxygen atoms in total. The third kappa shape index (κ3) is 6.52. The number of anilines is 5. The first kappa shape index (κ1) is 22.7. The summed E-state index contributed by atoms with van der Waals surface area (Å²) in [6, 6.07) is 15.5. The number of para-hydroxylation sites is 1. The van der Waals surface area contributed by atoms with Gasteiger partial charge in [0.25, 0.3) is 0 Å². The second-order valence-electron chi connectivity index (χ2n) is 6.99. The molecule has 2 heterocycles. The molecule has 3 N–H and O–H groups in total. The molecule has 1 aliphatic heterocycles. The van der Waals surface area contributed by atoms with Crippen LogP contribution in [0.15, 0.2) is 59.8 Å². The van der Waals surface area contributed by atoms with Gasteiger partial charge in [-0.05, 0) is 30.3 Å². The number of morpholine rings is 1. The first-order valence-electron chi connectivity index (χ1n) is 10.2. The Kier molecular flexibility index (Phi) is 7.52. The summed E-state index contributed by atoms with van der Waals surface area (Å²) in [7, 11) is 0. The summed E-state index contributed by atoms with van der Waals surface area (Å²) in [4.78, 5) is 28.0. The molecule has 2 aromatic carbocycles. The molecule has 1 aromatic heterocycles. The molecule has 1 aliphatic rings. The number of hydrogen-bond acceptors (Lipinski definition) is 11. The summed E-state index contributed by atoms with van der Waals surface area (Å²) < 4.78 is 5.41. The Morgan fingerprint density at radius 2 is 1.85 bits per heavy atom. The van der Waals surface area contributed by atoms with Gasteiger partial charge in [0.15, 0.2) is 5.16 Å². The number of ether oxygens (including phenoxy) is 1. The van der Waals surface area contributed by atoms with Crippen LogP contribution < -0.4 is 20.8 Å². The van der Waals surface area contributed by atoms with Crippen LogP contribution in [0, 0.1) is 5.21 Å². The van der Waals surface area contributed by atoms with Crippen molar-refractivity contribution in [1.29, 1.82) is 0 Å². The minimum Gasteiger partial charge on any atom is -0.733 e. The maximum Gasteiger partial charge on any atom is 0.234 e. The second-order valence-corrected chi connectivity index (χ2v) is 7.93. The summed E-state index contributed by atoms with van der Waals surface area (Å²) in [5, 5.41) is 26.1. The van der Waals surface area contributed by atoms with Crippen molar-refractivity contribution in [3.8, 4) is 0 Å². The van der Waals surface area contributed by atoms with E-state index in [4.69, 9.17) is 9.94 Å². The number of rotatable bonds is 8. The van der Waals surface area contributed by atoms with Gasteiger partial charge in [0.2, 0.25) is 17.8 Å². The molecule has 0 saturated carbocycles. The molecule has 12 heteroatoms. The van der Waals surface area contributed by atoms with Crippen molar-refractivity contribution in [2.24, 2.45) is 0 Å². The second kappa shape index (κ2) is 10.9. The Labute approximate surface area is 194 Å². The first-order chi connectivity index (χ1) is 16.1. The van der Waals surface area contributed by atoms with Gasteiger partial charge in [-0.1, -0.05) is 36.0 Å². The van der Waals surface area contributed by atoms with E-state index in [1.807, 2.05) is 35.2 Å². The standard InChI is InChI=1S/C21H22N7O4S/c29-18(22-16-7-4-8-17(13-16)28(30)31)14-33-21-25-19(23-15-5-2-1-3-6-15)24-20(26-21)27-9-11-32-12-10-27/h1-8,13,30H,9-12,14H2,(H,22,29)(H,23,24,25,26)/q-1. The van der Waals surface area contributed by atoms with Crippen LogP contribution in [-0.2, 0) is 9.53 Å². The number of amides is 1. The number of carbonyl (C=O) groups excluding carboxylic acids is 1. The van der Waals surface area contributed by atoms with Crippen molar-refractivity contribution in [2.75, 3.05) is 52.8 Å². The first-order valence-corrected chi connectivity index (χ1v) is 11.1. The maximum atomic E-state index is 12.4. The van der Waals surface area contributed by atoms with Gasteiger partial charge in [-0.15, -0.1) is 0 Å². The van der Waals surface area contributed by atoms with Crippen molar-refractivity contribution in [1.82, 2.24) is 15.0 Å². The molecule has 0 unspecified atom stereocenters. The average molecular weight is 469 g/mol. The fourth-order valence-electron chi connectivity index (χ4n) is 3.05. The molecular formula is C21H22N7O4S-. The van der Waals surface area contributed by atoms with E-state index in [2.05, 4.69) is 25.6 Å². The van der Waals surface area contributed by atoms with Crippen LogP contribution in [0.4, 0.5) is 29.0 Å². The minimum atomic E-state index is -0.307. The molecule has 3 aromatic rings. The lowest BCUT2D eigenvalue weighted by Crippen LogP contribution is -2.37. The number of nitrogens with one attached hydrogen (secondary N) is 2. The van der Waals surface area contributed by atoms with Crippen LogP contribution in [0.5, 0.6) is 0 Å². The Morgan fingerprint density at radius 1 is 1.09 bits per heavy atom. The molecule has 1 amide bonds. The van der Waals surface area contributed by atoms with Crippen molar-refractivity contribution < 1.29 is 14.7 Å². The molecule has 33 heavy (non-hydrogen) atoms. The highest BCUT2D eigenvalue weighted by Gasteiger charge is 2.17. The molecule has 1 saturated heterocycles. The minimum absolute atomic E-state index is 0.0182. The van der Waals surface area contributed by atoms with Crippen LogP contribution in [0.25, 0.3) is 0 Å². The fraction of sp³-hybridized carbons (Fsp3) is 0.238. The highest BCUT2D eigenvalue weighted by Crippen LogP contribution is 2.23. The molecule has 1 fully saturated rings. The lowest BCUT2D eigenvalue weighted by molar-refractivity contribution is -0.113. The van der Waals surface area contributed by atoms with Crippen LogP contribution in [0.2, 0.25) is 0 Å². The molecule has 4 rings (SSSR count). The Bertz CT molecular complexity index is 1080. The smallest absolute Gasteiger partial charge is 0.234 e. The number of benzene rings is 2. The zero-order valence-corrected chi connectivity index (χ0v) is 18.4. The molecule has 0 atom stereocenters. The van der Waals surface area contributed by atoms with E-state index in [1.54, 1.807) is 12.1 Å². The predicted molar refractivity (Wildman–Crippen MR) is 126 cm³/mol. The van der Waals surface area contributed by atoms with Crippen LogP contribution >= 0.6 is 11.8 Å². The van der Waals surface area contributed by atoms with Gasteiger partial charge in [0, 0.05) is 24.5 Å². The van der Waals surface area contributed by atoms with Gasteiger partial charge in [0.05, 0.1) is 24.7 Å². The number of carbonyl (C=O) groups is 1. The Hall–Kier alpha value is -3.45. The van der Waals surface area contributed by atoms with Crippen LogP contribution in [0.1, 0.15) is 0 Å². The molecule has 0 spiro atoms. The van der Waals surface area contributed by atoms with Crippen molar-refractivity contribution in [3.05, 3.63) is 59.8 Å². The molecule has 0 aliphatic carbocycles. The van der Waals surface area contributed by atoms with E-state index in [1.165, 1.54) is 23.9 Å². The maximum absolute atomic E-state index is 12.4. The van der Waals surface area contributed by atoms with Crippen molar-refractivity contribution in [3.63, 3.8) is 0 Å². The number of aromatic nitrogens is 3. The SMILES string of the molecule is O=C(CSc1nc(Nc2ccccc2)nc(N2CCOCC2)n1)Nc1cccc(N([O-])O)c1. The van der Waals surface area contributed by atoms with Gasteiger partial charge in [-0.25, -0.2) is 0 Å². The van der Waals surface area contributed by atoms with E-state index in [-0.39, 0.29) is 22.6 Å². The van der Waals surface area contributed by atoms with Gasteiger partial charge in [-0.2, -0.15) is 15.0 Å². The topological polar surface area (TPSA) is 139 Å². The fourth-order valence-corrected chi connectivity index (χ4v) is 3.68. The zero-order valence-electron chi connectivity index (χ0n) is 17.5. The monoisotopic (exact) mass is 468 g/mol. The molecule has 0 radical (unpaired) electrons. The molecule has 0 bridgehead atoms. The van der Waals surface area contributed by atoms with Gasteiger partial charge in [-0.3, -0.25) is 10.0 Å². The number of hydrogen-bond donors (Lipinski definition) is 3. The predicted octanol–water partition coefficient (Wildman–Crippen LogP) is 2.88. The highest BCUT2D eigenvalue weighted by molar-refractivity contribution is 7.99. The van der Waals surface area contributed by atoms with Crippen LogP contribution in [-0.4, -0.2) is 58.1 Å². The average Bonchev–Trinajstić information content (AvgIpc) is 2.84. The largest absolute Gasteiger partial charge is 0.733 e. The molecular weight excluding hydrogens is 446 g/mol. The van der Waals surface area contributed by atoms with E-state index in [0.717, 1.165) is 5.69 Å². The third-order valence-corrected chi connectivity index (χ3v) is 5.46. The summed E-state index contributed by atoms with van der Waals surface area (Å²) in [6.45, 7) is 2.51. The quantitative estimate of drug-likeness (QED) is 0.332. The van der Waals surface area contributed by atoms with Crippen molar-refractivity contribution >= 4 is 46.6 Å². The summed E-state index contributed by atoms with van der Waals surface area (Å²) in [6.07, 6.45) is 0. The van der Waals surface area contributed by atoms with Gasteiger partial charge < -0.3 is 30.7 Å². The highest BCUT2D eigenvalue weighted by atomic mass is 32.2. The lowest BCUT2D eigenvalue weighted by atomic mass is 10.3. The lowest BCUT2D eigenvalue weighted by Gasteiger charge is -2.27. The summed E-state index contributed by atoms with van der Waals surface area (Å²) in [5.74, 6) is 0.632. The number of thioether (sulfide) groups is 1. The van der Waals surface area contributed by atoms with Gasteiger partial charge >= 0.3 is 0 Å². The summed E-state index contributed by atoms with van der Waals surface area (Å²) in [5.41, 5.74) is 1.25. The third-order valence-electron chi connectivity index (χ3n) is 4.61. The van der Waals surface area contributed by atoms with E-state index in [9.17, 15) is 10.0 Å². The summed E-state index contributed by atoms with van der Waals surface area (Å²) >= 11 is 1.17. The van der Waals surface area contributed by atoms with E-state index in [0.29, 0.717) is 49.0 Å². The van der Waals surface area contributed by atoms with E-state index < -0.39 is 0 Å². The zero-order chi connectivity index (χ0) is 23.0. The van der Waals surface area contributed by atoms with E-state index >= 15 is 0 Å². The molecule has 172 valence electrons. The Balaban J connectivity index is 1.46. The van der Waals surface area contributed by atoms with Crippen molar-refractivity contribution in [2.45, 2.75) is 5.16 Å². The Morgan fingerprint density at radius 3 is 2.61 bits per heavy atom. The van der Waals surface area contributed by atoms with Crippen LogP contribution in [0.3, 0.4) is 0 Å². The number of nitrogens with zero attached hydrogens (tertiary/aromatic N) is 5. The normalized spacial score (nSPS) is 13.5.